The highest BCUT2D eigenvalue weighted by Crippen LogP contribution is 2.03. The van der Waals surface area contributed by atoms with Gasteiger partial charge in [0.05, 0.1) is 6.42 Å². The van der Waals surface area contributed by atoms with E-state index < -0.39 is 17.9 Å². The zero-order valence-corrected chi connectivity index (χ0v) is 15.7. The Hall–Kier alpha value is -3.15. The minimum atomic E-state index is -0.989. The van der Waals surface area contributed by atoms with Crippen LogP contribution in [-0.4, -0.2) is 34.7 Å². The monoisotopic (exact) mass is 376 g/mol. The Morgan fingerprint density at radius 1 is 1.07 bits per heavy atom. The van der Waals surface area contributed by atoms with Crippen molar-refractivity contribution in [2.45, 2.75) is 32.6 Å². The number of hydrogen-bond donors (Lipinski definition) is 2. The number of rotatable bonds is 9. The molecule has 27 heavy (non-hydrogen) atoms. The molecule has 0 saturated carbocycles. The SMILES string of the molecule is C=C(CCCC)C(=O)O.C=CC(=O)OCCC(=O)O.C=Cc1ccccc1. The molecule has 0 aromatic heterocycles. The first-order chi connectivity index (χ1) is 12.8. The van der Waals surface area contributed by atoms with E-state index in [-0.39, 0.29) is 13.0 Å². The summed E-state index contributed by atoms with van der Waals surface area (Å²) in [6, 6.07) is 10.0. The van der Waals surface area contributed by atoms with Crippen LogP contribution in [0.5, 0.6) is 0 Å². The summed E-state index contributed by atoms with van der Waals surface area (Å²) >= 11 is 0. The van der Waals surface area contributed by atoms with E-state index in [1.165, 1.54) is 5.56 Å². The van der Waals surface area contributed by atoms with E-state index in [1.54, 1.807) is 0 Å². The molecule has 0 saturated heterocycles. The molecule has 0 heterocycles. The van der Waals surface area contributed by atoms with Crippen molar-refractivity contribution in [2.75, 3.05) is 6.61 Å². The summed E-state index contributed by atoms with van der Waals surface area (Å²) in [5.74, 6) is -2.46. The van der Waals surface area contributed by atoms with E-state index in [0.717, 1.165) is 18.9 Å². The Morgan fingerprint density at radius 2 is 1.67 bits per heavy atom. The zero-order valence-electron chi connectivity index (χ0n) is 15.7. The van der Waals surface area contributed by atoms with Gasteiger partial charge in [-0.15, -0.1) is 0 Å². The molecule has 148 valence electrons. The van der Waals surface area contributed by atoms with Gasteiger partial charge in [0.15, 0.2) is 0 Å². The maximum Gasteiger partial charge on any atom is 0.330 e. The van der Waals surface area contributed by atoms with E-state index >= 15 is 0 Å². The number of unbranched alkanes of at least 4 members (excludes halogenated alkanes) is 1. The van der Waals surface area contributed by atoms with Crippen LogP contribution >= 0.6 is 0 Å². The second kappa shape index (κ2) is 17.7. The van der Waals surface area contributed by atoms with Gasteiger partial charge in [-0.3, -0.25) is 4.79 Å². The molecule has 0 aliphatic heterocycles. The number of carbonyl (C=O) groups excluding carboxylic acids is 1. The summed E-state index contributed by atoms with van der Waals surface area (Å²) < 4.78 is 4.36. The van der Waals surface area contributed by atoms with Crippen LogP contribution < -0.4 is 0 Å². The lowest BCUT2D eigenvalue weighted by Gasteiger charge is -1.96. The van der Waals surface area contributed by atoms with E-state index in [0.29, 0.717) is 12.0 Å². The molecule has 0 radical (unpaired) electrons. The standard InChI is InChI=1S/C8H8.C7H12O2.C6H8O4/c1-2-8-6-4-3-5-7-8;1-3-4-5-6(2)7(8)9;1-2-6(9)10-4-3-5(7)8/h2-7H,1H2;2-5H2,1H3,(H,8,9);2H,1,3-4H2,(H,7,8). The minimum Gasteiger partial charge on any atom is -0.481 e. The van der Waals surface area contributed by atoms with E-state index in [1.807, 2.05) is 43.3 Å². The predicted octanol–water partition coefficient (Wildman–Crippen LogP) is 4.34. The fraction of sp³-hybridized carbons (Fsp3) is 0.286. The van der Waals surface area contributed by atoms with E-state index in [4.69, 9.17) is 10.2 Å². The van der Waals surface area contributed by atoms with Gasteiger partial charge in [-0.05, 0) is 18.4 Å². The lowest BCUT2D eigenvalue weighted by Crippen LogP contribution is -2.06. The number of benzene rings is 1. The molecule has 2 N–H and O–H groups in total. The molecule has 0 atom stereocenters. The van der Waals surface area contributed by atoms with Crippen LogP contribution in [0.2, 0.25) is 0 Å². The Balaban J connectivity index is 0. The van der Waals surface area contributed by atoms with Crippen molar-refractivity contribution >= 4 is 24.0 Å². The summed E-state index contributed by atoms with van der Waals surface area (Å²) in [5, 5.41) is 16.4. The highest BCUT2D eigenvalue weighted by atomic mass is 16.5. The lowest BCUT2D eigenvalue weighted by atomic mass is 10.1. The lowest BCUT2D eigenvalue weighted by molar-refractivity contribution is -0.142. The number of esters is 1. The molecular formula is C21H28O6. The third kappa shape index (κ3) is 19.0. The Labute approximate surface area is 160 Å². The molecule has 6 nitrogen and oxygen atoms in total. The van der Waals surface area contributed by atoms with Crippen LogP contribution in [0.1, 0.15) is 38.2 Å². The Morgan fingerprint density at radius 3 is 2.04 bits per heavy atom. The van der Waals surface area contributed by atoms with Crippen LogP contribution in [0.15, 0.2) is 61.7 Å². The van der Waals surface area contributed by atoms with Gasteiger partial charge in [0.2, 0.25) is 0 Å². The summed E-state index contributed by atoms with van der Waals surface area (Å²) in [6.07, 6.45) is 5.21. The van der Waals surface area contributed by atoms with Gasteiger partial charge in [-0.25, -0.2) is 9.59 Å². The second-order valence-corrected chi connectivity index (χ2v) is 5.14. The van der Waals surface area contributed by atoms with E-state index in [2.05, 4.69) is 24.5 Å². The molecule has 0 aliphatic carbocycles. The van der Waals surface area contributed by atoms with Crippen molar-refractivity contribution in [1.29, 1.82) is 0 Å². The molecule has 0 bridgehead atoms. The fourth-order valence-corrected chi connectivity index (χ4v) is 1.38. The fourth-order valence-electron chi connectivity index (χ4n) is 1.38. The van der Waals surface area contributed by atoms with Gasteiger partial charge in [0.25, 0.3) is 0 Å². The number of hydrogen-bond acceptors (Lipinski definition) is 4. The molecular weight excluding hydrogens is 348 g/mol. The van der Waals surface area contributed by atoms with Crippen LogP contribution in [0.25, 0.3) is 6.08 Å². The molecule has 1 aromatic rings. The van der Waals surface area contributed by atoms with Gasteiger partial charge in [0, 0.05) is 11.6 Å². The van der Waals surface area contributed by atoms with Crippen LogP contribution in [-0.2, 0) is 19.1 Å². The topological polar surface area (TPSA) is 101 Å². The number of carboxylic acids is 2. The normalized spacial score (nSPS) is 8.63. The van der Waals surface area contributed by atoms with Crippen molar-refractivity contribution < 1.29 is 29.3 Å². The van der Waals surface area contributed by atoms with Crippen LogP contribution in [0, 0.1) is 0 Å². The maximum absolute atomic E-state index is 10.3. The van der Waals surface area contributed by atoms with Gasteiger partial charge in [-0.1, -0.05) is 69.5 Å². The van der Waals surface area contributed by atoms with Gasteiger partial charge in [-0.2, -0.15) is 0 Å². The molecule has 0 spiro atoms. The highest BCUT2D eigenvalue weighted by Gasteiger charge is 2.00. The van der Waals surface area contributed by atoms with Crippen molar-refractivity contribution in [3.63, 3.8) is 0 Å². The Bertz CT molecular complexity index is 604. The third-order valence-electron chi connectivity index (χ3n) is 2.90. The molecule has 0 aliphatic rings. The number of carboxylic acid groups (broad SMARTS) is 2. The average Bonchev–Trinajstić information content (AvgIpc) is 2.67. The zero-order chi connectivity index (χ0) is 21.1. The first-order valence-electron chi connectivity index (χ1n) is 8.37. The largest absolute Gasteiger partial charge is 0.481 e. The number of carbonyl (C=O) groups is 3. The molecule has 0 unspecified atom stereocenters. The van der Waals surface area contributed by atoms with Gasteiger partial charge in [0.1, 0.15) is 6.61 Å². The van der Waals surface area contributed by atoms with E-state index in [9.17, 15) is 14.4 Å². The first-order valence-corrected chi connectivity index (χ1v) is 8.37. The van der Waals surface area contributed by atoms with Crippen LogP contribution in [0.4, 0.5) is 0 Å². The maximum atomic E-state index is 10.3. The summed E-state index contributed by atoms with van der Waals surface area (Å²) in [7, 11) is 0. The molecule has 1 aromatic carbocycles. The first kappa shape index (κ1) is 26.1. The number of ether oxygens (including phenoxy) is 1. The molecule has 0 amide bonds. The third-order valence-corrected chi connectivity index (χ3v) is 2.90. The van der Waals surface area contributed by atoms with Gasteiger partial charge < -0.3 is 14.9 Å². The Kier molecular flexibility index (Phi) is 17.1. The summed E-state index contributed by atoms with van der Waals surface area (Å²) in [6.45, 7) is 12.1. The molecule has 0 fully saturated rings. The van der Waals surface area contributed by atoms with Crippen molar-refractivity contribution in [3.8, 4) is 0 Å². The van der Waals surface area contributed by atoms with Gasteiger partial charge >= 0.3 is 17.9 Å². The molecule has 1 rings (SSSR count). The number of aliphatic carboxylic acids is 2. The summed E-state index contributed by atoms with van der Waals surface area (Å²) in [4.78, 5) is 30.2. The quantitative estimate of drug-likeness (QED) is 0.491. The minimum absolute atomic E-state index is 0.0970. The smallest absolute Gasteiger partial charge is 0.330 e. The predicted molar refractivity (Wildman–Crippen MR) is 106 cm³/mol. The highest BCUT2D eigenvalue weighted by molar-refractivity contribution is 5.85. The van der Waals surface area contributed by atoms with Crippen molar-refractivity contribution in [3.05, 3.63) is 67.3 Å². The molecule has 6 heteroatoms. The summed E-state index contributed by atoms with van der Waals surface area (Å²) in [5.41, 5.74) is 1.49. The van der Waals surface area contributed by atoms with Crippen molar-refractivity contribution in [1.82, 2.24) is 0 Å². The average molecular weight is 376 g/mol. The van der Waals surface area contributed by atoms with Crippen LogP contribution in [0.3, 0.4) is 0 Å². The van der Waals surface area contributed by atoms with Crippen molar-refractivity contribution in [2.24, 2.45) is 0 Å². The second-order valence-electron chi connectivity index (χ2n) is 5.14.